The van der Waals surface area contributed by atoms with Crippen molar-refractivity contribution in [2.24, 2.45) is 0 Å². The Morgan fingerprint density at radius 3 is 2.50 bits per heavy atom. The molecule has 8 nitrogen and oxygen atoms in total. The molecule has 1 heterocycles. The number of hydrogen-bond donors (Lipinski definition) is 5. The molecule has 0 saturated carbocycles. The molecule has 5 N–H and O–H groups in total. The highest BCUT2D eigenvalue weighted by molar-refractivity contribution is 5.69. The third-order valence-corrected chi connectivity index (χ3v) is 3.53. The van der Waals surface area contributed by atoms with E-state index in [2.05, 4.69) is 5.32 Å². The molecular weight excluding hydrogens is 294 g/mol. The molecule has 0 bridgehead atoms. The average Bonchev–Trinajstić information content (AvgIpc) is 2.47. The van der Waals surface area contributed by atoms with Crippen molar-refractivity contribution in [1.29, 1.82) is 0 Å². The number of hydrogen-bond acceptors (Lipinski definition) is 8. The SMILES string of the molecule is CCCC(=O)OC1O[C@H](CO)[C@@H](O)[C@H](O)[C@H]1NC(O)CCC. The van der Waals surface area contributed by atoms with Crippen molar-refractivity contribution in [3.63, 3.8) is 0 Å². The fourth-order valence-electron chi connectivity index (χ4n) is 2.33. The molecule has 1 fully saturated rings. The monoisotopic (exact) mass is 321 g/mol. The molecule has 2 unspecified atom stereocenters. The van der Waals surface area contributed by atoms with E-state index in [9.17, 15) is 25.2 Å². The van der Waals surface area contributed by atoms with Gasteiger partial charge in [0.25, 0.3) is 0 Å². The van der Waals surface area contributed by atoms with Gasteiger partial charge >= 0.3 is 5.97 Å². The van der Waals surface area contributed by atoms with Gasteiger partial charge in [-0.05, 0) is 12.8 Å². The van der Waals surface area contributed by atoms with Crippen molar-refractivity contribution >= 4 is 5.97 Å². The number of esters is 1. The highest BCUT2D eigenvalue weighted by Gasteiger charge is 2.46. The number of aliphatic hydroxyl groups is 4. The van der Waals surface area contributed by atoms with Crippen molar-refractivity contribution in [2.75, 3.05) is 6.61 Å². The van der Waals surface area contributed by atoms with Crippen LogP contribution in [-0.4, -0.2) is 69.9 Å². The predicted octanol–water partition coefficient (Wildman–Crippen LogP) is -1.15. The predicted molar refractivity (Wildman–Crippen MR) is 76.6 cm³/mol. The number of carbonyl (C=O) groups is 1. The van der Waals surface area contributed by atoms with Gasteiger partial charge in [0.05, 0.1) is 6.61 Å². The Balaban J connectivity index is 2.81. The first-order valence-corrected chi connectivity index (χ1v) is 7.70. The van der Waals surface area contributed by atoms with Crippen LogP contribution in [0, 0.1) is 0 Å². The topological polar surface area (TPSA) is 128 Å². The first kappa shape index (κ1) is 19.3. The van der Waals surface area contributed by atoms with E-state index in [0.29, 0.717) is 19.3 Å². The molecular formula is C14H27NO7. The van der Waals surface area contributed by atoms with Crippen molar-refractivity contribution in [2.45, 2.75) is 76.4 Å². The summed E-state index contributed by atoms with van der Waals surface area (Å²) < 4.78 is 10.5. The fraction of sp³-hybridized carbons (Fsp3) is 0.929. The molecule has 22 heavy (non-hydrogen) atoms. The van der Waals surface area contributed by atoms with E-state index in [4.69, 9.17) is 9.47 Å². The van der Waals surface area contributed by atoms with Gasteiger partial charge in [0.2, 0.25) is 6.29 Å². The molecule has 0 spiro atoms. The van der Waals surface area contributed by atoms with Crippen LogP contribution < -0.4 is 5.32 Å². The normalized spacial score (nSPS) is 33.5. The second kappa shape index (κ2) is 9.39. The summed E-state index contributed by atoms with van der Waals surface area (Å²) in [6.07, 6.45) is -3.97. The van der Waals surface area contributed by atoms with Gasteiger partial charge in [-0.1, -0.05) is 20.3 Å². The third-order valence-electron chi connectivity index (χ3n) is 3.53. The van der Waals surface area contributed by atoms with Crippen LogP contribution in [0.4, 0.5) is 0 Å². The molecule has 0 aromatic heterocycles. The van der Waals surface area contributed by atoms with E-state index in [1.54, 1.807) is 0 Å². The standard InChI is InChI=1S/C14H27NO7/c1-3-5-9(17)15-11-13(20)12(19)8(7-16)21-14(11)22-10(18)6-4-2/h8-9,11-17,19-20H,3-7H2,1-2H3/t8-,9?,11-,12-,13-,14?/m1/s1. The first-order chi connectivity index (χ1) is 10.4. The summed E-state index contributed by atoms with van der Waals surface area (Å²) >= 11 is 0. The molecule has 0 amide bonds. The van der Waals surface area contributed by atoms with E-state index in [-0.39, 0.29) is 6.42 Å². The van der Waals surface area contributed by atoms with Gasteiger partial charge in [0, 0.05) is 6.42 Å². The Morgan fingerprint density at radius 1 is 1.27 bits per heavy atom. The molecule has 1 rings (SSSR count). The van der Waals surface area contributed by atoms with E-state index in [1.807, 2.05) is 13.8 Å². The van der Waals surface area contributed by atoms with Gasteiger partial charge in [-0.15, -0.1) is 0 Å². The second-order valence-electron chi connectivity index (χ2n) is 5.44. The van der Waals surface area contributed by atoms with Crippen molar-refractivity contribution in [3.8, 4) is 0 Å². The quantitative estimate of drug-likeness (QED) is 0.280. The summed E-state index contributed by atoms with van der Waals surface area (Å²) in [6, 6.07) is -0.986. The maximum Gasteiger partial charge on any atom is 0.308 e. The van der Waals surface area contributed by atoms with Gasteiger partial charge in [0.1, 0.15) is 30.6 Å². The summed E-state index contributed by atoms with van der Waals surface area (Å²) in [5, 5.41) is 41.8. The third kappa shape index (κ3) is 5.15. The lowest BCUT2D eigenvalue weighted by Crippen LogP contribution is -2.65. The Morgan fingerprint density at radius 2 is 1.95 bits per heavy atom. The minimum atomic E-state index is -1.35. The minimum absolute atomic E-state index is 0.187. The summed E-state index contributed by atoms with van der Waals surface area (Å²) in [4.78, 5) is 11.7. The zero-order valence-electron chi connectivity index (χ0n) is 13.0. The molecule has 1 saturated heterocycles. The van der Waals surface area contributed by atoms with E-state index < -0.39 is 49.4 Å². The van der Waals surface area contributed by atoms with Crippen LogP contribution in [0.5, 0.6) is 0 Å². The summed E-state index contributed by atoms with van der Waals surface area (Å²) in [6.45, 7) is 3.18. The molecule has 8 heteroatoms. The molecule has 130 valence electrons. The van der Waals surface area contributed by atoms with Crippen molar-refractivity contribution < 1.29 is 34.7 Å². The molecule has 0 aliphatic carbocycles. The fourth-order valence-corrected chi connectivity index (χ4v) is 2.33. The Kier molecular flexibility index (Phi) is 8.23. The van der Waals surface area contributed by atoms with Crippen LogP contribution in [0.25, 0.3) is 0 Å². The second-order valence-corrected chi connectivity index (χ2v) is 5.44. The van der Waals surface area contributed by atoms with Crippen LogP contribution in [0.15, 0.2) is 0 Å². The Labute approximate surface area is 130 Å². The van der Waals surface area contributed by atoms with Crippen LogP contribution in [0.1, 0.15) is 39.5 Å². The zero-order chi connectivity index (χ0) is 16.7. The first-order valence-electron chi connectivity index (χ1n) is 7.70. The number of ether oxygens (including phenoxy) is 2. The van der Waals surface area contributed by atoms with E-state index in [0.717, 1.165) is 0 Å². The van der Waals surface area contributed by atoms with Gasteiger partial charge in [0.15, 0.2) is 0 Å². The van der Waals surface area contributed by atoms with Crippen molar-refractivity contribution in [1.82, 2.24) is 5.32 Å². The highest BCUT2D eigenvalue weighted by Crippen LogP contribution is 2.23. The highest BCUT2D eigenvalue weighted by atomic mass is 16.7. The van der Waals surface area contributed by atoms with Crippen LogP contribution >= 0.6 is 0 Å². The lowest BCUT2D eigenvalue weighted by Gasteiger charge is -2.42. The zero-order valence-corrected chi connectivity index (χ0v) is 13.0. The average molecular weight is 321 g/mol. The van der Waals surface area contributed by atoms with Crippen molar-refractivity contribution in [3.05, 3.63) is 0 Å². The van der Waals surface area contributed by atoms with Crippen LogP contribution in [-0.2, 0) is 14.3 Å². The molecule has 0 aromatic rings. The maximum atomic E-state index is 11.7. The van der Waals surface area contributed by atoms with Gasteiger partial charge in [-0.3, -0.25) is 10.1 Å². The molecule has 1 aliphatic rings. The molecule has 0 aromatic carbocycles. The Hall–Kier alpha value is -0.770. The number of carbonyl (C=O) groups excluding carboxylic acids is 1. The van der Waals surface area contributed by atoms with Crippen LogP contribution in [0.2, 0.25) is 0 Å². The lowest BCUT2D eigenvalue weighted by molar-refractivity contribution is -0.267. The molecule has 1 aliphatic heterocycles. The number of rotatable bonds is 8. The minimum Gasteiger partial charge on any atom is -0.434 e. The van der Waals surface area contributed by atoms with E-state index >= 15 is 0 Å². The van der Waals surface area contributed by atoms with E-state index in [1.165, 1.54) is 0 Å². The molecule has 0 radical (unpaired) electrons. The summed E-state index contributed by atoms with van der Waals surface area (Å²) in [5.41, 5.74) is 0. The maximum absolute atomic E-state index is 11.7. The smallest absolute Gasteiger partial charge is 0.308 e. The Bertz CT molecular complexity index is 341. The van der Waals surface area contributed by atoms with Gasteiger partial charge in [-0.25, -0.2) is 0 Å². The largest absolute Gasteiger partial charge is 0.434 e. The number of nitrogens with one attached hydrogen (secondary N) is 1. The lowest BCUT2D eigenvalue weighted by atomic mass is 9.96. The van der Waals surface area contributed by atoms with Crippen LogP contribution in [0.3, 0.4) is 0 Å². The number of aliphatic hydroxyl groups excluding tert-OH is 4. The summed E-state index contributed by atoms with van der Waals surface area (Å²) in [5.74, 6) is -0.510. The van der Waals surface area contributed by atoms with Gasteiger partial charge < -0.3 is 29.9 Å². The molecule has 6 atom stereocenters. The summed E-state index contributed by atoms with van der Waals surface area (Å²) in [7, 11) is 0. The van der Waals surface area contributed by atoms with Gasteiger partial charge in [-0.2, -0.15) is 0 Å².